The fraction of sp³-hybridized carbons (Fsp3) is 0.440. The Bertz CT molecular complexity index is 1320. The molecule has 3 atom stereocenters. The molecule has 2 aromatic rings. The first-order valence-corrected chi connectivity index (χ1v) is 13.9. The lowest BCUT2D eigenvalue weighted by Crippen LogP contribution is -2.49. The van der Waals surface area contributed by atoms with E-state index >= 15 is 0 Å². The Morgan fingerprint density at radius 2 is 2.00 bits per heavy atom. The average Bonchev–Trinajstić information content (AvgIpc) is 2.88. The van der Waals surface area contributed by atoms with E-state index in [4.69, 9.17) is 26.2 Å². The van der Waals surface area contributed by atoms with Crippen molar-refractivity contribution in [3.63, 3.8) is 0 Å². The Labute approximate surface area is 225 Å². The molecule has 2 aliphatic rings. The number of carbonyl (C=O) groups is 2. The third kappa shape index (κ3) is 6.13. The standard InChI is InChI=1S/C25H29ClFN3O7S/c1-14(2)23-9-15(7-8-36-23)24(31)28-12-17-13-30(38(34,35)18-4-5-20(27)19(26)11-18)21-10-16(29-25(32)33)3-6-22(21)37-17/h3-6,10-11,14-15,17,23,29H,7-9,12-13H2,1-2H3,(H,28,31)(H,32,33)/t15?,17-,23?/m0/s1. The van der Waals surface area contributed by atoms with Crippen LogP contribution >= 0.6 is 11.6 Å². The predicted octanol–water partition coefficient (Wildman–Crippen LogP) is 4.09. The second kappa shape index (κ2) is 11.3. The van der Waals surface area contributed by atoms with Gasteiger partial charge in [0.2, 0.25) is 5.91 Å². The number of carboxylic acid groups (broad SMARTS) is 1. The first kappa shape index (κ1) is 27.9. The summed E-state index contributed by atoms with van der Waals surface area (Å²) in [6, 6.07) is 7.26. The molecule has 38 heavy (non-hydrogen) atoms. The number of fused-ring (bicyclic) bond motifs is 1. The number of ether oxygens (including phenoxy) is 2. The molecule has 0 spiro atoms. The van der Waals surface area contributed by atoms with Crippen LogP contribution in [0.1, 0.15) is 26.7 Å². The number of nitrogens with one attached hydrogen (secondary N) is 2. The zero-order chi connectivity index (χ0) is 27.6. The van der Waals surface area contributed by atoms with E-state index in [-0.39, 0.29) is 64.0 Å². The summed E-state index contributed by atoms with van der Waals surface area (Å²) >= 11 is 5.84. The molecule has 0 radical (unpaired) electrons. The van der Waals surface area contributed by atoms with Crippen molar-refractivity contribution < 1.29 is 37.0 Å². The van der Waals surface area contributed by atoms with E-state index in [0.717, 1.165) is 22.5 Å². The van der Waals surface area contributed by atoms with Gasteiger partial charge in [0.25, 0.3) is 10.0 Å². The molecule has 2 heterocycles. The summed E-state index contributed by atoms with van der Waals surface area (Å²) < 4.78 is 53.8. The molecule has 0 aliphatic carbocycles. The molecule has 2 unspecified atom stereocenters. The van der Waals surface area contributed by atoms with Crippen molar-refractivity contribution in [2.24, 2.45) is 11.8 Å². The van der Waals surface area contributed by atoms with Crippen LogP contribution in [0.25, 0.3) is 0 Å². The van der Waals surface area contributed by atoms with E-state index in [2.05, 4.69) is 10.6 Å². The summed E-state index contributed by atoms with van der Waals surface area (Å²) in [5.41, 5.74) is 0.214. The monoisotopic (exact) mass is 569 g/mol. The van der Waals surface area contributed by atoms with Crippen LogP contribution in [0.5, 0.6) is 5.75 Å². The highest BCUT2D eigenvalue weighted by Crippen LogP contribution is 2.39. The summed E-state index contributed by atoms with van der Waals surface area (Å²) in [6.07, 6.45) is -0.891. The number of carbonyl (C=O) groups excluding carboxylic acids is 1. The molecule has 2 amide bonds. The summed E-state index contributed by atoms with van der Waals surface area (Å²) in [6.45, 7) is 4.42. The van der Waals surface area contributed by atoms with Gasteiger partial charge in [0, 0.05) is 18.2 Å². The lowest BCUT2D eigenvalue weighted by Gasteiger charge is -2.36. The highest BCUT2D eigenvalue weighted by molar-refractivity contribution is 7.92. The van der Waals surface area contributed by atoms with E-state index in [9.17, 15) is 22.4 Å². The largest absolute Gasteiger partial charge is 0.484 e. The van der Waals surface area contributed by atoms with Crippen molar-refractivity contribution in [2.45, 2.75) is 43.8 Å². The molecule has 1 saturated heterocycles. The van der Waals surface area contributed by atoms with Crippen LogP contribution in [0.3, 0.4) is 0 Å². The third-order valence-corrected chi connectivity index (χ3v) is 8.62. The number of hydrogen-bond donors (Lipinski definition) is 3. The zero-order valence-electron chi connectivity index (χ0n) is 20.8. The van der Waals surface area contributed by atoms with E-state index in [1.807, 2.05) is 13.8 Å². The Morgan fingerprint density at radius 3 is 2.68 bits per heavy atom. The number of nitrogens with zero attached hydrogens (tertiary/aromatic N) is 1. The lowest BCUT2D eigenvalue weighted by atomic mass is 9.89. The lowest BCUT2D eigenvalue weighted by molar-refractivity contribution is -0.131. The topological polar surface area (TPSA) is 134 Å². The van der Waals surface area contributed by atoms with Gasteiger partial charge in [-0.1, -0.05) is 25.4 Å². The van der Waals surface area contributed by atoms with Gasteiger partial charge in [-0.25, -0.2) is 17.6 Å². The second-order valence-electron chi connectivity index (χ2n) is 9.58. The van der Waals surface area contributed by atoms with E-state index in [1.54, 1.807) is 0 Å². The Balaban J connectivity index is 1.58. The number of hydrogen-bond acceptors (Lipinski definition) is 6. The third-order valence-electron chi connectivity index (χ3n) is 6.55. The van der Waals surface area contributed by atoms with Crippen LogP contribution < -0.4 is 19.7 Å². The maximum Gasteiger partial charge on any atom is 0.409 e. The van der Waals surface area contributed by atoms with Gasteiger partial charge in [-0.3, -0.25) is 14.4 Å². The Morgan fingerprint density at radius 1 is 1.24 bits per heavy atom. The Kier molecular flexibility index (Phi) is 8.34. The number of benzene rings is 2. The van der Waals surface area contributed by atoms with Crippen molar-refractivity contribution in [1.29, 1.82) is 0 Å². The molecule has 10 nitrogen and oxygen atoms in total. The smallest absolute Gasteiger partial charge is 0.409 e. The van der Waals surface area contributed by atoms with Gasteiger partial charge in [-0.2, -0.15) is 0 Å². The van der Waals surface area contributed by atoms with E-state index in [0.29, 0.717) is 19.4 Å². The van der Waals surface area contributed by atoms with Crippen LogP contribution in [-0.2, 0) is 19.6 Å². The van der Waals surface area contributed by atoms with Gasteiger partial charge in [-0.05, 0) is 55.2 Å². The number of sulfonamides is 1. The summed E-state index contributed by atoms with van der Waals surface area (Å²) in [7, 11) is -4.27. The molecule has 1 fully saturated rings. The SMILES string of the molecule is CC(C)C1CC(C(=O)NC[C@H]2CN(S(=O)(=O)c3ccc(F)c(Cl)c3)c3cc(NC(=O)O)ccc3O2)CCO1. The molecule has 0 saturated carbocycles. The van der Waals surface area contributed by atoms with Crippen molar-refractivity contribution in [3.05, 3.63) is 47.2 Å². The fourth-order valence-electron chi connectivity index (χ4n) is 4.50. The van der Waals surface area contributed by atoms with Crippen molar-refractivity contribution in [3.8, 4) is 5.75 Å². The molecular formula is C25H29ClFN3O7S. The second-order valence-corrected chi connectivity index (χ2v) is 11.9. The van der Waals surface area contributed by atoms with Crippen molar-refractivity contribution >= 4 is 45.0 Å². The molecule has 2 aliphatic heterocycles. The molecular weight excluding hydrogens is 541 g/mol. The number of halogens is 2. The molecule has 0 bridgehead atoms. The van der Waals surface area contributed by atoms with Gasteiger partial charge >= 0.3 is 6.09 Å². The van der Waals surface area contributed by atoms with Crippen molar-refractivity contribution in [1.82, 2.24) is 5.32 Å². The summed E-state index contributed by atoms with van der Waals surface area (Å²) in [5.74, 6) is -0.696. The predicted molar refractivity (Wildman–Crippen MR) is 139 cm³/mol. The van der Waals surface area contributed by atoms with Crippen LogP contribution in [0.15, 0.2) is 41.3 Å². The highest BCUT2D eigenvalue weighted by atomic mass is 35.5. The molecule has 13 heteroatoms. The highest BCUT2D eigenvalue weighted by Gasteiger charge is 2.36. The fourth-order valence-corrected chi connectivity index (χ4v) is 6.27. The summed E-state index contributed by atoms with van der Waals surface area (Å²) in [5, 5.41) is 13.8. The quantitative estimate of drug-likeness (QED) is 0.457. The van der Waals surface area contributed by atoms with Crippen LogP contribution in [0, 0.1) is 17.7 Å². The van der Waals surface area contributed by atoms with Gasteiger partial charge in [0.15, 0.2) is 0 Å². The minimum atomic E-state index is -4.27. The van der Waals surface area contributed by atoms with E-state index < -0.39 is 28.0 Å². The Hall–Kier alpha value is -3.09. The van der Waals surface area contributed by atoms with Gasteiger partial charge in [-0.15, -0.1) is 0 Å². The molecule has 0 aromatic heterocycles. The first-order chi connectivity index (χ1) is 18.0. The number of amides is 2. The number of rotatable bonds is 7. The number of anilines is 2. The van der Waals surface area contributed by atoms with Gasteiger partial charge < -0.3 is 19.9 Å². The molecule has 3 N–H and O–H groups in total. The normalized spacial score (nSPS) is 21.4. The van der Waals surface area contributed by atoms with Gasteiger partial charge in [0.1, 0.15) is 17.7 Å². The zero-order valence-corrected chi connectivity index (χ0v) is 22.4. The van der Waals surface area contributed by atoms with Crippen molar-refractivity contribution in [2.75, 3.05) is 29.3 Å². The molecule has 4 rings (SSSR count). The summed E-state index contributed by atoms with van der Waals surface area (Å²) in [4.78, 5) is 23.8. The molecule has 206 valence electrons. The van der Waals surface area contributed by atoms with Crippen LogP contribution in [0.2, 0.25) is 5.02 Å². The first-order valence-electron chi connectivity index (χ1n) is 12.1. The maximum absolute atomic E-state index is 13.7. The minimum Gasteiger partial charge on any atom is -0.484 e. The van der Waals surface area contributed by atoms with E-state index in [1.165, 1.54) is 18.2 Å². The van der Waals surface area contributed by atoms with Crippen LogP contribution in [-0.4, -0.2) is 57.4 Å². The minimum absolute atomic E-state index is 0.00548. The van der Waals surface area contributed by atoms with Gasteiger partial charge in [0.05, 0.1) is 34.8 Å². The van der Waals surface area contributed by atoms with Crippen LogP contribution in [0.4, 0.5) is 20.6 Å². The average molecular weight is 570 g/mol. The molecule has 2 aromatic carbocycles. The maximum atomic E-state index is 13.7.